The van der Waals surface area contributed by atoms with E-state index < -0.39 is 6.04 Å². The van der Waals surface area contributed by atoms with Gasteiger partial charge in [-0.15, -0.1) is 0 Å². The van der Waals surface area contributed by atoms with Crippen molar-refractivity contribution in [3.63, 3.8) is 0 Å². The van der Waals surface area contributed by atoms with Crippen LogP contribution in [0.5, 0.6) is 5.75 Å². The summed E-state index contributed by atoms with van der Waals surface area (Å²) in [5, 5.41) is 5.37. The number of nitrogens with one attached hydrogen (secondary N) is 1. The first-order valence-electron chi connectivity index (χ1n) is 8.66. The molecule has 0 spiro atoms. The normalized spacial score (nSPS) is 13.0. The molecule has 0 bridgehead atoms. The second-order valence-electron chi connectivity index (χ2n) is 6.22. The van der Waals surface area contributed by atoms with Gasteiger partial charge in [-0.05, 0) is 37.3 Å². The zero-order valence-electron chi connectivity index (χ0n) is 15.2. The van der Waals surface area contributed by atoms with Gasteiger partial charge in [0, 0.05) is 11.3 Å². The number of halogens is 1. The molecular weight excluding hydrogens is 364 g/mol. The number of nitrogens with two attached hydrogens (primary N) is 1. The number of carbonyl (C=O) groups is 1. The van der Waals surface area contributed by atoms with Crippen LogP contribution in [-0.2, 0) is 4.79 Å². The highest BCUT2D eigenvalue weighted by molar-refractivity contribution is 6.32. The van der Waals surface area contributed by atoms with E-state index in [2.05, 4.69) is 5.32 Å². The van der Waals surface area contributed by atoms with Crippen LogP contribution in [0, 0.1) is 0 Å². The van der Waals surface area contributed by atoms with Crippen molar-refractivity contribution in [2.45, 2.75) is 19.0 Å². The van der Waals surface area contributed by atoms with Crippen molar-refractivity contribution < 1.29 is 19.3 Å². The van der Waals surface area contributed by atoms with Crippen molar-refractivity contribution >= 4 is 23.2 Å². The van der Waals surface area contributed by atoms with Gasteiger partial charge >= 0.3 is 0 Å². The highest BCUT2D eigenvalue weighted by Gasteiger charge is 2.28. The zero-order valence-corrected chi connectivity index (χ0v) is 15.9. The SMILES string of the molecule is COc1ccc(NC(=O)[C@H]([NH2+][C@@H](C)c2ccco2)c2ccccc2)cc1Cl. The lowest BCUT2D eigenvalue weighted by Crippen LogP contribution is -2.87. The second-order valence-corrected chi connectivity index (χ2v) is 6.63. The molecule has 0 saturated heterocycles. The third-order valence-electron chi connectivity index (χ3n) is 4.33. The number of anilines is 1. The lowest BCUT2D eigenvalue weighted by molar-refractivity contribution is -0.720. The van der Waals surface area contributed by atoms with E-state index in [0.29, 0.717) is 16.5 Å². The molecule has 3 rings (SSSR count). The molecule has 0 aliphatic carbocycles. The molecule has 6 heteroatoms. The van der Waals surface area contributed by atoms with Crippen molar-refractivity contribution in [3.8, 4) is 5.75 Å². The molecule has 0 radical (unpaired) electrons. The first-order valence-corrected chi connectivity index (χ1v) is 9.04. The highest BCUT2D eigenvalue weighted by Crippen LogP contribution is 2.27. The van der Waals surface area contributed by atoms with Crippen LogP contribution in [0.1, 0.15) is 30.3 Å². The summed E-state index contributed by atoms with van der Waals surface area (Å²) in [6.07, 6.45) is 1.64. The van der Waals surface area contributed by atoms with E-state index in [9.17, 15) is 4.79 Å². The maximum Gasteiger partial charge on any atom is 0.287 e. The number of hydrogen-bond donors (Lipinski definition) is 2. The van der Waals surface area contributed by atoms with E-state index >= 15 is 0 Å². The summed E-state index contributed by atoms with van der Waals surface area (Å²) in [6, 6.07) is 18.1. The number of ether oxygens (including phenoxy) is 1. The Morgan fingerprint density at radius 3 is 2.56 bits per heavy atom. The van der Waals surface area contributed by atoms with Gasteiger partial charge in [-0.2, -0.15) is 0 Å². The van der Waals surface area contributed by atoms with Crippen molar-refractivity contribution in [3.05, 3.63) is 83.3 Å². The summed E-state index contributed by atoms with van der Waals surface area (Å²) < 4.78 is 10.6. The Kier molecular flexibility index (Phi) is 6.16. The fourth-order valence-corrected chi connectivity index (χ4v) is 3.17. The molecule has 0 fully saturated rings. The van der Waals surface area contributed by atoms with Gasteiger partial charge in [-0.3, -0.25) is 4.79 Å². The summed E-state index contributed by atoms with van der Waals surface area (Å²) in [5.41, 5.74) is 1.53. The molecule has 2 atom stereocenters. The van der Waals surface area contributed by atoms with Gasteiger partial charge in [0.05, 0.1) is 18.4 Å². The number of methoxy groups -OCH3 is 1. The maximum atomic E-state index is 13.0. The molecular formula is C21H22ClN2O3+. The third kappa shape index (κ3) is 4.70. The van der Waals surface area contributed by atoms with Gasteiger partial charge in [0.2, 0.25) is 0 Å². The number of amides is 1. The van der Waals surface area contributed by atoms with Crippen LogP contribution < -0.4 is 15.4 Å². The van der Waals surface area contributed by atoms with E-state index in [-0.39, 0.29) is 11.9 Å². The Morgan fingerprint density at radius 1 is 1.15 bits per heavy atom. The molecule has 0 saturated carbocycles. The highest BCUT2D eigenvalue weighted by atomic mass is 35.5. The average Bonchev–Trinajstić information content (AvgIpc) is 3.21. The van der Waals surface area contributed by atoms with Crippen LogP contribution in [-0.4, -0.2) is 13.0 Å². The Balaban J connectivity index is 1.81. The Hall–Kier alpha value is -2.76. The zero-order chi connectivity index (χ0) is 19.2. The smallest absolute Gasteiger partial charge is 0.287 e. The topological polar surface area (TPSA) is 68.1 Å². The molecule has 1 heterocycles. The quantitative estimate of drug-likeness (QED) is 0.647. The minimum absolute atomic E-state index is 0.0181. The van der Waals surface area contributed by atoms with E-state index in [1.54, 1.807) is 31.6 Å². The molecule has 0 aliphatic rings. The Bertz CT molecular complexity index is 882. The number of furan rings is 1. The summed E-state index contributed by atoms with van der Waals surface area (Å²) in [5.74, 6) is 1.24. The van der Waals surface area contributed by atoms with E-state index in [4.69, 9.17) is 20.8 Å². The number of carbonyl (C=O) groups excluding carboxylic acids is 1. The molecule has 1 aromatic heterocycles. The standard InChI is InChI=1S/C21H21ClN2O3/c1-14(18-9-6-12-27-18)23-20(15-7-4-3-5-8-15)21(25)24-16-10-11-19(26-2)17(22)13-16/h3-14,20,23H,1-2H3,(H,24,25)/p+1/t14-,20+/m0/s1. The van der Waals surface area contributed by atoms with Gasteiger partial charge in [-0.25, -0.2) is 0 Å². The fourth-order valence-electron chi connectivity index (χ4n) is 2.91. The third-order valence-corrected chi connectivity index (χ3v) is 4.63. The summed E-state index contributed by atoms with van der Waals surface area (Å²) in [4.78, 5) is 13.0. The van der Waals surface area contributed by atoms with Crippen molar-refractivity contribution in [1.82, 2.24) is 0 Å². The number of quaternary nitrogens is 1. The summed E-state index contributed by atoms with van der Waals surface area (Å²) in [7, 11) is 1.55. The first kappa shape index (κ1) is 19.0. The number of rotatable bonds is 7. The number of benzene rings is 2. The van der Waals surface area contributed by atoms with Crippen LogP contribution in [0.25, 0.3) is 0 Å². The van der Waals surface area contributed by atoms with Gasteiger partial charge in [0.15, 0.2) is 11.8 Å². The Morgan fingerprint density at radius 2 is 1.93 bits per heavy atom. The first-order chi connectivity index (χ1) is 13.1. The predicted molar refractivity (Wildman–Crippen MR) is 105 cm³/mol. The molecule has 3 aromatic rings. The van der Waals surface area contributed by atoms with Crippen molar-refractivity contribution in [1.29, 1.82) is 0 Å². The van der Waals surface area contributed by atoms with Crippen molar-refractivity contribution in [2.24, 2.45) is 0 Å². The lowest BCUT2D eigenvalue weighted by atomic mass is 10.0. The van der Waals surface area contributed by atoms with Gasteiger partial charge < -0.3 is 19.8 Å². The summed E-state index contributed by atoms with van der Waals surface area (Å²) >= 11 is 6.16. The van der Waals surface area contributed by atoms with Crippen molar-refractivity contribution in [2.75, 3.05) is 12.4 Å². The lowest BCUT2D eigenvalue weighted by Gasteiger charge is -2.19. The van der Waals surface area contributed by atoms with E-state index in [0.717, 1.165) is 11.3 Å². The Labute approximate surface area is 163 Å². The van der Waals surface area contributed by atoms with Crippen LogP contribution in [0.4, 0.5) is 5.69 Å². The monoisotopic (exact) mass is 385 g/mol. The van der Waals surface area contributed by atoms with Gasteiger partial charge in [0.25, 0.3) is 5.91 Å². The largest absolute Gasteiger partial charge is 0.495 e. The van der Waals surface area contributed by atoms with Gasteiger partial charge in [-0.1, -0.05) is 41.9 Å². The van der Waals surface area contributed by atoms with Crippen LogP contribution >= 0.6 is 11.6 Å². The molecule has 0 unspecified atom stereocenters. The minimum atomic E-state index is -0.438. The number of hydrogen-bond acceptors (Lipinski definition) is 3. The summed E-state index contributed by atoms with van der Waals surface area (Å²) in [6.45, 7) is 2.01. The van der Waals surface area contributed by atoms with E-state index in [1.165, 1.54) is 0 Å². The molecule has 3 N–H and O–H groups in total. The molecule has 27 heavy (non-hydrogen) atoms. The molecule has 2 aromatic carbocycles. The molecule has 5 nitrogen and oxygen atoms in total. The average molecular weight is 386 g/mol. The minimum Gasteiger partial charge on any atom is -0.495 e. The predicted octanol–water partition coefficient (Wildman–Crippen LogP) is 3.95. The fraction of sp³-hybridized carbons (Fsp3) is 0.190. The molecule has 1 amide bonds. The molecule has 0 aliphatic heterocycles. The maximum absolute atomic E-state index is 13.0. The van der Waals surface area contributed by atoms with Crippen LogP contribution in [0.3, 0.4) is 0 Å². The van der Waals surface area contributed by atoms with Gasteiger partial charge in [0.1, 0.15) is 11.8 Å². The van der Waals surface area contributed by atoms with E-state index in [1.807, 2.05) is 54.7 Å². The van der Waals surface area contributed by atoms with Crippen LogP contribution in [0.15, 0.2) is 71.3 Å². The molecule has 140 valence electrons. The second kappa shape index (κ2) is 8.75. The van der Waals surface area contributed by atoms with Crippen LogP contribution in [0.2, 0.25) is 5.02 Å².